The number of ether oxygens (including phenoxy) is 1. The standard InChI is InChI=1S/C15H31NO/c1-4-5-11-17-12-10-15(13-16)8-6-14(2,3)7-9-15/h4-13,16H2,1-3H3. The van der Waals surface area contributed by atoms with Gasteiger partial charge < -0.3 is 10.5 Å². The van der Waals surface area contributed by atoms with E-state index >= 15 is 0 Å². The predicted molar refractivity (Wildman–Crippen MR) is 74.1 cm³/mol. The fourth-order valence-corrected chi connectivity index (χ4v) is 2.65. The lowest BCUT2D eigenvalue weighted by atomic mass is 9.64. The first-order valence-corrected chi connectivity index (χ1v) is 7.31. The summed E-state index contributed by atoms with van der Waals surface area (Å²) in [6, 6.07) is 0. The Morgan fingerprint density at radius 2 is 1.71 bits per heavy atom. The van der Waals surface area contributed by atoms with Crippen molar-refractivity contribution in [1.82, 2.24) is 0 Å². The van der Waals surface area contributed by atoms with E-state index in [1.807, 2.05) is 0 Å². The van der Waals surface area contributed by atoms with E-state index in [1.54, 1.807) is 0 Å². The Morgan fingerprint density at radius 1 is 1.06 bits per heavy atom. The summed E-state index contributed by atoms with van der Waals surface area (Å²) in [4.78, 5) is 0. The molecule has 1 aliphatic carbocycles. The highest BCUT2D eigenvalue weighted by molar-refractivity contribution is 4.89. The van der Waals surface area contributed by atoms with E-state index < -0.39 is 0 Å². The first-order chi connectivity index (χ1) is 8.04. The summed E-state index contributed by atoms with van der Waals surface area (Å²) < 4.78 is 5.70. The Balaban J connectivity index is 2.27. The van der Waals surface area contributed by atoms with Gasteiger partial charge in [-0.25, -0.2) is 0 Å². The van der Waals surface area contributed by atoms with Crippen LogP contribution in [0.25, 0.3) is 0 Å². The van der Waals surface area contributed by atoms with Crippen LogP contribution in [0.5, 0.6) is 0 Å². The fraction of sp³-hybridized carbons (Fsp3) is 1.00. The van der Waals surface area contributed by atoms with E-state index in [4.69, 9.17) is 10.5 Å². The highest BCUT2D eigenvalue weighted by Crippen LogP contribution is 2.46. The molecule has 2 N–H and O–H groups in total. The van der Waals surface area contributed by atoms with Crippen molar-refractivity contribution in [1.29, 1.82) is 0 Å². The number of rotatable bonds is 7. The fourth-order valence-electron chi connectivity index (χ4n) is 2.65. The lowest BCUT2D eigenvalue weighted by Gasteiger charge is -2.43. The minimum atomic E-state index is 0.377. The topological polar surface area (TPSA) is 35.2 Å². The molecule has 0 aromatic carbocycles. The van der Waals surface area contributed by atoms with Crippen molar-refractivity contribution in [2.24, 2.45) is 16.6 Å². The zero-order valence-corrected chi connectivity index (χ0v) is 12.1. The van der Waals surface area contributed by atoms with E-state index in [0.717, 1.165) is 26.2 Å². The minimum Gasteiger partial charge on any atom is -0.381 e. The molecule has 0 bridgehead atoms. The van der Waals surface area contributed by atoms with Gasteiger partial charge in [-0.15, -0.1) is 0 Å². The second kappa shape index (κ2) is 6.75. The zero-order valence-electron chi connectivity index (χ0n) is 12.1. The maximum absolute atomic E-state index is 6.01. The molecule has 102 valence electrons. The molecule has 0 spiro atoms. The summed E-state index contributed by atoms with van der Waals surface area (Å²) >= 11 is 0. The van der Waals surface area contributed by atoms with Gasteiger partial charge >= 0.3 is 0 Å². The van der Waals surface area contributed by atoms with E-state index in [0.29, 0.717) is 10.8 Å². The van der Waals surface area contributed by atoms with Crippen LogP contribution in [0.3, 0.4) is 0 Å². The summed E-state index contributed by atoms with van der Waals surface area (Å²) in [5, 5.41) is 0. The third-order valence-corrected chi connectivity index (χ3v) is 4.52. The second-order valence-corrected chi connectivity index (χ2v) is 6.58. The Hall–Kier alpha value is -0.0800. The quantitative estimate of drug-likeness (QED) is 0.689. The van der Waals surface area contributed by atoms with Crippen molar-refractivity contribution in [3.8, 4) is 0 Å². The smallest absolute Gasteiger partial charge is 0.0471 e. The number of unbranched alkanes of at least 4 members (excludes halogenated alkanes) is 1. The number of hydrogen-bond acceptors (Lipinski definition) is 2. The van der Waals surface area contributed by atoms with Crippen LogP contribution in [0.15, 0.2) is 0 Å². The van der Waals surface area contributed by atoms with Gasteiger partial charge in [0.15, 0.2) is 0 Å². The highest BCUT2D eigenvalue weighted by atomic mass is 16.5. The first-order valence-electron chi connectivity index (χ1n) is 7.31. The van der Waals surface area contributed by atoms with Crippen LogP contribution in [0.4, 0.5) is 0 Å². The molecular weight excluding hydrogens is 210 g/mol. The Labute approximate surface area is 107 Å². The summed E-state index contributed by atoms with van der Waals surface area (Å²) in [5.41, 5.74) is 6.92. The number of nitrogens with two attached hydrogens (primary N) is 1. The molecule has 0 heterocycles. The minimum absolute atomic E-state index is 0.377. The Kier molecular flexibility index (Phi) is 5.94. The van der Waals surface area contributed by atoms with Crippen molar-refractivity contribution < 1.29 is 4.74 Å². The van der Waals surface area contributed by atoms with Gasteiger partial charge in [0, 0.05) is 13.2 Å². The van der Waals surface area contributed by atoms with Gasteiger partial charge in [-0.1, -0.05) is 27.2 Å². The third kappa shape index (κ3) is 4.97. The molecule has 0 saturated heterocycles. The average Bonchev–Trinajstić information content (AvgIpc) is 2.32. The molecule has 0 aromatic heterocycles. The molecule has 0 aromatic rings. The van der Waals surface area contributed by atoms with Crippen LogP contribution in [-0.2, 0) is 4.74 Å². The van der Waals surface area contributed by atoms with Crippen molar-refractivity contribution in [3.05, 3.63) is 0 Å². The van der Waals surface area contributed by atoms with Gasteiger partial charge in [0.1, 0.15) is 0 Å². The second-order valence-electron chi connectivity index (χ2n) is 6.58. The molecule has 2 heteroatoms. The van der Waals surface area contributed by atoms with Crippen molar-refractivity contribution in [2.75, 3.05) is 19.8 Å². The average molecular weight is 241 g/mol. The maximum Gasteiger partial charge on any atom is 0.0471 e. The van der Waals surface area contributed by atoms with Crippen molar-refractivity contribution in [2.45, 2.75) is 65.7 Å². The van der Waals surface area contributed by atoms with E-state index in [1.165, 1.54) is 38.5 Å². The lowest BCUT2D eigenvalue weighted by Crippen LogP contribution is -2.38. The molecule has 0 aliphatic heterocycles. The molecule has 2 nitrogen and oxygen atoms in total. The predicted octanol–water partition coefficient (Wildman–Crippen LogP) is 3.74. The molecule has 1 rings (SSSR count). The van der Waals surface area contributed by atoms with Gasteiger partial charge in [-0.3, -0.25) is 0 Å². The summed E-state index contributed by atoms with van der Waals surface area (Å²) in [6.07, 6.45) is 8.77. The summed E-state index contributed by atoms with van der Waals surface area (Å²) in [6.45, 7) is 9.62. The van der Waals surface area contributed by atoms with Crippen LogP contribution in [0.1, 0.15) is 65.7 Å². The van der Waals surface area contributed by atoms with Crippen LogP contribution < -0.4 is 5.73 Å². The lowest BCUT2D eigenvalue weighted by molar-refractivity contribution is 0.0498. The normalized spacial score (nSPS) is 22.6. The summed E-state index contributed by atoms with van der Waals surface area (Å²) in [5.74, 6) is 0. The molecular formula is C15H31NO. The largest absolute Gasteiger partial charge is 0.381 e. The highest BCUT2D eigenvalue weighted by Gasteiger charge is 2.36. The Morgan fingerprint density at radius 3 is 2.24 bits per heavy atom. The Bertz CT molecular complexity index is 203. The molecule has 0 radical (unpaired) electrons. The van der Waals surface area contributed by atoms with Gasteiger partial charge in [0.05, 0.1) is 0 Å². The van der Waals surface area contributed by atoms with Crippen LogP contribution in [0.2, 0.25) is 0 Å². The molecule has 0 atom stereocenters. The monoisotopic (exact) mass is 241 g/mol. The maximum atomic E-state index is 6.01. The van der Waals surface area contributed by atoms with Gasteiger partial charge in [-0.05, 0) is 55.9 Å². The SMILES string of the molecule is CCCCOCCC1(CN)CCC(C)(C)CC1. The molecule has 1 saturated carbocycles. The van der Waals surface area contributed by atoms with Crippen LogP contribution in [0, 0.1) is 10.8 Å². The van der Waals surface area contributed by atoms with Crippen LogP contribution >= 0.6 is 0 Å². The third-order valence-electron chi connectivity index (χ3n) is 4.52. The van der Waals surface area contributed by atoms with Crippen molar-refractivity contribution in [3.63, 3.8) is 0 Å². The molecule has 0 amide bonds. The number of hydrogen-bond donors (Lipinski definition) is 1. The molecule has 0 unspecified atom stereocenters. The zero-order chi connectivity index (χ0) is 12.8. The molecule has 1 aliphatic rings. The van der Waals surface area contributed by atoms with Crippen LogP contribution in [-0.4, -0.2) is 19.8 Å². The van der Waals surface area contributed by atoms with E-state index in [2.05, 4.69) is 20.8 Å². The van der Waals surface area contributed by atoms with E-state index in [9.17, 15) is 0 Å². The van der Waals surface area contributed by atoms with Gasteiger partial charge in [0.25, 0.3) is 0 Å². The molecule has 1 fully saturated rings. The van der Waals surface area contributed by atoms with Gasteiger partial charge in [-0.2, -0.15) is 0 Å². The molecule has 17 heavy (non-hydrogen) atoms. The first kappa shape index (κ1) is 15.0. The van der Waals surface area contributed by atoms with E-state index in [-0.39, 0.29) is 0 Å². The summed E-state index contributed by atoms with van der Waals surface area (Å²) in [7, 11) is 0. The van der Waals surface area contributed by atoms with Crippen molar-refractivity contribution >= 4 is 0 Å². The van der Waals surface area contributed by atoms with Gasteiger partial charge in [0.2, 0.25) is 0 Å².